The second kappa shape index (κ2) is 5.48. The number of carbonyl (C=O) groups excluding carboxylic acids is 1. The summed E-state index contributed by atoms with van der Waals surface area (Å²) in [5, 5.41) is 10.2. The number of benzene rings is 2. The van der Waals surface area contributed by atoms with Gasteiger partial charge in [0.25, 0.3) is 5.91 Å². The summed E-state index contributed by atoms with van der Waals surface area (Å²) in [5.74, 6) is -0.607. The van der Waals surface area contributed by atoms with Gasteiger partial charge in [0.1, 0.15) is 0 Å². The van der Waals surface area contributed by atoms with Crippen molar-refractivity contribution in [3.8, 4) is 0 Å². The summed E-state index contributed by atoms with van der Waals surface area (Å²) in [7, 11) is 0. The molecule has 1 aliphatic heterocycles. The molecule has 3 rings (SSSR count). The van der Waals surface area contributed by atoms with Crippen LogP contribution in [0.25, 0.3) is 11.6 Å². The van der Waals surface area contributed by atoms with Crippen LogP contribution in [0.2, 0.25) is 10.0 Å². The molecule has 6 heteroatoms. The van der Waals surface area contributed by atoms with Gasteiger partial charge in [-0.05, 0) is 35.9 Å². The number of anilines is 1. The van der Waals surface area contributed by atoms with E-state index in [0.29, 0.717) is 26.1 Å². The molecule has 1 heterocycles. The molecule has 22 heavy (non-hydrogen) atoms. The molecule has 0 spiro atoms. The topological polar surface area (TPSA) is 57.6 Å². The first-order chi connectivity index (χ1) is 10.5. The van der Waals surface area contributed by atoms with Gasteiger partial charge in [0.05, 0.1) is 11.3 Å². The fourth-order valence-electron chi connectivity index (χ4n) is 2.36. The zero-order valence-electron chi connectivity index (χ0n) is 11.1. The van der Waals surface area contributed by atoms with Crippen LogP contribution in [-0.2, 0) is 4.79 Å². The van der Waals surface area contributed by atoms with Crippen molar-refractivity contribution in [1.82, 2.24) is 0 Å². The number of nitrogens with zero attached hydrogens (tertiary/aromatic N) is 1. The molecule has 4 nitrogen and oxygen atoms in total. The monoisotopic (exact) mass is 333 g/mol. The van der Waals surface area contributed by atoms with E-state index in [4.69, 9.17) is 23.2 Å². The van der Waals surface area contributed by atoms with Crippen LogP contribution in [0.4, 0.5) is 10.5 Å². The summed E-state index contributed by atoms with van der Waals surface area (Å²) in [6, 6.07) is 11.7. The van der Waals surface area contributed by atoms with Crippen molar-refractivity contribution in [2.75, 3.05) is 4.90 Å². The van der Waals surface area contributed by atoms with Crippen molar-refractivity contribution in [3.05, 3.63) is 63.6 Å². The second-order valence-electron chi connectivity index (χ2n) is 4.70. The molecular formula is C16H9Cl2NO3. The van der Waals surface area contributed by atoms with E-state index in [2.05, 4.69) is 0 Å². The average molecular weight is 334 g/mol. The number of amides is 2. The Bertz CT molecular complexity index is 830. The number of hydrogen-bond acceptors (Lipinski definition) is 2. The van der Waals surface area contributed by atoms with Crippen molar-refractivity contribution >= 4 is 52.5 Å². The predicted molar refractivity (Wildman–Crippen MR) is 86.3 cm³/mol. The van der Waals surface area contributed by atoms with Crippen molar-refractivity contribution in [2.24, 2.45) is 0 Å². The summed E-state index contributed by atoms with van der Waals surface area (Å²) in [6.45, 7) is 0. The Hall–Kier alpha value is -2.30. The van der Waals surface area contributed by atoms with E-state index in [0.717, 1.165) is 0 Å². The molecule has 0 aliphatic carbocycles. The van der Waals surface area contributed by atoms with Gasteiger partial charge in [-0.25, -0.2) is 9.69 Å². The summed E-state index contributed by atoms with van der Waals surface area (Å²) in [5.41, 5.74) is 1.79. The van der Waals surface area contributed by atoms with E-state index in [1.165, 1.54) is 6.07 Å². The van der Waals surface area contributed by atoms with Gasteiger partial charge in [-0.15, -0.1) is 0 Å². The quantitative estimate of drug-likeness (QED) is 0.778. The molecule has 0 saturated carbocycles. The van der Waals surface area contributed by atoms with Crippen LogP contribution >= 0.6 is 23.2 Å². The van der Waals surface area contributed by atoms with Gasteiger partial charge < -0.3 is 5.11 Å². The third kappa shape index (κ3) is 2.47. The molecule has 110 valence electrons. The highest BCUT2D eigenvalue weighted by Gasteiger charge is 2.36. The van der Waals surface area contributed by atoms with Gasteiger partial charge in [0.15, 0.2) is 0 Å². The van der Waals surface area contributed by atoms with E-state index in [1.807, 2.05) is 0 Å². The van der Waals surface area contributed by atoms with Gasteiger partial charge in [-0.1, -0.05) is 41.4 Å². The van der Waals surface area contributed by atoms with Crippen LogP contribution < -0.4 is 4.90 Å². The summed E-state index contributed by atoms with van der Waals surface area (Å²) >= 11 is 11.8. The van der Waals surface area contributed by atoms with Gasteiger partial charge in [0, 0.05) is 15.6 Å². The highest BCUT2D eigenvalue weighted by Crippen LogP contribution is 2.39. The SMILES string of the molecule is O=C(O)N1C(=O)/C(=C\c2cccc(Cl)c2)c2ccc(Cl)cc21. The van der Waals surface area contributed by atoms with Crippen LogP contribution in [0.1, 0.15) is 11.1 Å². The van der Waals surface area contributed by atoms with E-state index in [1.54, 1.807) is 42.5 Å². The number of halogens is 2. The second-order valence-corrected chi connectivity index (χ2v) is 5.57. The van der Waals surface area contributed by atoms with E-state index >= 15 is 0 Å². The predicted octanol–water partition coefficient (Wildman–Crippen LogP) is 4.56. The molecule has 0 atom stereocenters. The first-order valence-corrected chi connectivity index (χ1v) is 7.07. The van der Waals surface area contributed by atoms with Gasteiger partial charge in [-0.3, -0.25) is 4.79 Å². The van der Waals surface area contributed by atoms with Crippen LogP contribution in [0.15, 0.2) is 42.5 Å². The minimum atomic E-state index is -1.34. The third-order valence-electron chi connectivity index (χ3n) is 3.28. The van der Waals surface area contributed by atoms with Crippen LogP contribution in [-0.4, -0.2) is 17.1 Å². The molecule has 2 aromatic rings. The molecule has 2 aromatic carbocycles. The maximum absolute atomic E-state index is 12.4. The molecule has 0 aromatic heterocycles. The lowest BCUT2D eigenvalue weighted by atomic mass is 10.0. The number of carboxylic acid groups (broad SMARTS) is 1. The molecular weight excluding hydrogens is 325 g/mol. The molecule has 0 radical (unpaired) electrons. The largest absolute Gasteiger partial charge is 0.464 e. The molecule has 0 fully saturated rings. The minimum Gasteiger partial charge on any atom is -0.464 e. The molecule has 1 N–H and O–H groups in total. The number of carbonyl (C=O) groups is 2. The Kier molecular flexibility index (Phi) is 3.64. The number of fused-ring (bicyclic) bond motifs is 1. The standard InChI is InChI=1S/C16H9Cl2NO3/c17-10-3-1-2-9(6-10)7-13-12-5-4-11(18)8-14(12)19(15(13)20)16(21)22/h1-8H,(H,21,22)/b13-7-. The average Bonchev–Trinajstić information content (AvgIpc) is 2.71. The van der Waals surface area contributed by atoms with Crippen molar-refractivity contribution in [1.29, 1.82) is 0 Å². The Morgan fingerprint density at radius 2 is 1.82 bits per heavy atom. The van der Waals surface area contributed by atoms with Crippen LogP contribution in [0, 0.1) is 0 Å². The minimum absolute atomic E-state index is 0.262. The number of hydrogen-bond donors (Lipinski definition) is 1. The van der Waals surface area contributed by atoms with Gasteiger partial charge >= 0.3 is 6.09 Å². The normalized spacial score (nSPS) is 15.3. The van der Waals surface area contributed by atoms with Crippen molar-refractivity contribution < 1.29 is 14.7 Å². The Balaban J connectivity index is 2.18. The zero-order valence-corrected chi connectivity index (χ0v) is 12.6. The summed E-state index contributed by atoms with van der Waals surface area (Å²) in [4.78, 5) is 24.4. The fourth-order valence-corrected chi connectivity index (χ4v) is 2.72. The van der Waals surface area contributed by atoms with E-state index in [9.17, 15) is 14.7 Å². The smallest absolute Gasteiger partial charge is 0.419 e. The summed E-state index contributed by atoms with van der Waals surface area (Å²) < 4.78 is 0. The number of imide groups is 1. The number of rotatable bonds is 1. The van der Waals surface area contributed by atoms with E-state index in [-0.39, 0.29) is 11.3 Å². The molecule has 0 saturated heterocycles. The third-order valence-corrected chi connectivity index (χ3v) is 3.75. The molecule has 0 bridgehead atoms. The summed E-state index contributed by atoms with van der Waals surface area (Å²) in [6.07, 6.45) is 0.271. The van der Waals surface area contributed by atoms with E-state index < -0.39 is 12.0 Å². The lowest BCUT2D eigenvalue weighted by Crippen LogP contribution is -2.31. The molecule has 2 amide bonds. The molecule has 0 unspecified atom stereocenters. The van der Waals surface area contributed by atoms with Crippen molar-refractivity contribution in [2.45, 2.75) is 0 Å². The van der Waals surface area contributed by atoms with Crippen LogP contribution in [0.5, 0.6) is 0 Å². The lowest BCUT2D eigenvalue weighted by molar-refractivity contribution is -0.112. The Labute approximate surface area is 136 Å². The highest BCUT2D eigenvalue weighted by molar-refractivity contribution is 6.42. The first kappa shape index (κ1) is 14.6. The maximum Gasteiger partial charge on any atom is 0.419 e. The Morgan fingerprint density at radius 3 is 2.50 bits per heavy atom. The van der Waals surface area contributed by atoms with Crippen molar-refractivity contribution in [3.63, 3.8) is 0 Å². The van der Waals surface area contributed by atoms with Gasteiger partial charge in [0.2, 0.25) is 0 Å². The highest BCUT2D eigenvalue weighted by atomic mass is 35.5. The molecule has 1 aliphatic rings. The first-order valence-electron chi connectivity index (χ1n) is 6.32. The maximum atomic E-state index is 12.4. The van der Waals surface area contributed by atoms with Gasteiger partial charge in [-0.2, -0.15) is 0 Å². The Morgan fingerprint density at radius 1 is 1.09 bits per heavy atom. The lowest BCUT2D eigenvalue weighted by Gasteiger charge is -2.09. The fraction of sp³-hybridized carbons (Fsp3) is 0. The zero-order chi connectivity index (χ0) is 15.9. The van der Waals surface area contributed by atoms with Crippen LogP contribution in [0.3, 0.4) is 0 Å².